The van der Waals surface area contributed by atoms with E-state index in [2.05, 4.69) is 5.32 Å². The molecule has 1 aromatic carbocycles. The number of fused-ring (bicyclic) bond motifs is 1. The summed E-state index contributed by atoms with van der Waals surface area (Å²) in [7, 11) is 0. The summed E-state index contributed by atoms with van der Waals surface area (Å²) in [5.74, 6) is -1.35. The van der Waals surface area contributed by atoms with Crippen molar-refractivity contribution >= 4 is 23.4 Å². The van der Waals surface area contributed by atoms with Gasteiger partial charge in [-0.05, 0) is 37.3 Å². The first kappa shape index (κ1) is 16.4. The normalized spacial score (nSPS) is 22.7. The van der Waals surface area contributed by atoms with Crippen molar-refractivity contribution < 1.29 is 14.4 Å². The van der Waals surface area contributed by atoms with Crippen LogP contribution >= 0.6 is 0 Å². The standard InChI is InChI=1S/C19H22N2O3/c1-3-13-8-6-7-12(2)17(13)20-16(22)11-21-18(23)14-9-4-5-10-15(14)19(21)24/h4-8,14-15H,3,9-11H2,1-2H3,(H,20,22)/t14-,15+. The Morgan fingerprint density at radius 2 is 1.79 bits per heavy atom. The summed E-state index contributed by atoms with van der Waals surface area (Å²) in [6.07, 6.45) is 5.86. The van der Waals surface area contributed by atoms with E-state index in [1.807, 2.05) is 44.2 Å². The fraction of sp³-hybridized carbons (Fsp3) is 0.421. The first-order chi connectivity index (χ1) is 11.5. The number of aryl methyl sites for hydroxylation is 2. The number of likely N-dealkylation sites (tertiary alicyclic amines) is 1. The van der Waals surface area contributed by atoms with Gasteiger partial charge in [-0.3, -0.25) is 19.3 Å². The van der Waals surface area contributed by atoms with Gasteiger partial charge in [0.05, 0.1) is 11.8 Å². The Bertz CT molecular complexity index is 697. The highest BCUT2D eigenvalue weighted by atomic mass is 16.2. The molecule has 24 heavy (non-hydrogen) atoms. The Labute approximate surface area is 141 Å². The number of anilines is 1. The summed E-state index contributed by atoms with van der Waals surface area (Å²) in [5, 5.41) is 2.88. The van der Waals surface area contributed by atoms with Gasteiger partial charge in [0.25, 0.3) is 0 Å². The van der Waals surface area contributed by atoms with E-state index >= 15 is 0 Å². The Kier molecular flexibility index (Phi) is 4.51. The molecule has 5 heteroatoms. The number of imide groups is 1. The third kappa shape index (κ3) is 2.86. The highest BCUT2D eigenvalue weighted by Gasteiger charge is 2.47. The lowest BCUT2D eigenvalue weighted by Crippen LogP contribution is -2.38. The monoisotopic (exact) mass is 326 g/mol. The predicted octanol–water partition coefficient (Wildman–Crippen LogP) is 2.45. The quantitative estimate of drug-likeness (QED) is 0.683. The molecule has 0 unspecified atom stereocenters. The average molecular weight is 326 g/mol. The lowest BCUT2D eigenvalue weighted by atomic mass is 9.85. The van der Waals surface area contributed by atoms with Gasteiger partial charge in [-0.2, -0.15) is 0 Å². The van der Waals surface area contributed by atoms with Crippen molar-refractivity contribution in [2.24, 2.45) is 11.8 Å². The summed E-state index contributed by atoms with van der Waals surface area (Å²) in [4.78, 5) is 38.4. The van der Waals surface area contributed by atoms with E-state index in [1.165, 1.54) is 0 Å². The second-order valence-corrected chi connectivity index (χ2v) is 6.43. The Morgan fingerprint density at radius 3 is 2.38 bits per heavy atom. The van der Waals surface area contributed by atoms with Crippen LogP contribution in [0.2, 0.25) is 0 Å². The molecule has 1 heterocycles. The molecule has 1 aliphatic heterocycles. The van der Waals surface area contributed by atoms with E-state index in [4.69, 9.17) is 0 Å². The van der Waals surface area contributed by atoms with Crippen LogP contribution in [0.4, 0.5) is 5.69 Å². The van der Waals surface area contributed by atoms with E-state index in [-0.39, 0.29) is 36.1 Å². The van der Waals surface area contributed by atoms with Gasteiger partial charge in [0.1, 0.15) is 6.54 Å². The van der Waals surface area contributed by atoms with Crippen LogP contribution in [0.25, 0.3) is 0 Å². The summed E-state index contributed by atoms with van der Waals surface area (Å²) in [5.41, 5.74) is 2.79. The first-order valence-corrected chi connectivity index (χ1v) is 8.41. The van der Waals surface area contributed by atoms with E-state index < -0.39 is 0 Å². The molecule has 0 saturated carbocycles. The molecular weight excluding hydrogens is 304 g/mol. The fourth-order valence-corrected chi connectivity index (χ4v) is 3.55. The Hall–Kier alpha value is -2.43. The van der Waals surface area contributed by atoms with Crippen LogP contribution in [0.5, 0.6) is 0 Å². The molecule has 0 aromatic heterocycles. The van der Waals surface area contributed by atoms with Crippen molar-refractivity contribution in [3.05, 3.63) is 41.5 Å². The van der Waals surface area contributed by atoms with Crippen molar-refractivity contribution in [2.75, 3.05) is 11.9 Å². The molecule has 2 atom stereocenters. The van der Waals surface area contributed by atoms with Gasteiger partial charge >= 0.3 is 0 Å². The Morgan fingerprint density at radius 1 is 1.17 bits per heavy atom. The maximum Gasteiger partial charge on any atom is 0.244 e. The zero-order valence-corrected chi connectivity index (χ0v) is 14.0. The second-order valence-electron chi connectivity index (χ2n) is 6.43. The van der Waals surface area contributed by atoms with Gasteiger partial charge in [0.2, 0.25) is 17.7 Å². The molecule has 1 fully saturated rings. The lowest BCUT2D eigenvalue weighted by molar-refractivity contribution is -0.142. The topological polar surface area (TPSA) is 66.5 Å². The Balaban J connectivity index is 1.72. The van der Waals surface area contributed by atoms with E-state index in [0.29, 0.717) is 12.8 Å². The minimum Gasteiger partial charge on any atom is -0.324 e. The zero-order valence-electron chi connectivity index (χ0n) is 14.0. The van der Waals surface area contributed by atoms with Crippen molar-refractivity contribution in [1.29, 1.82) is 0 Å². The van der Waals surface area contributed by atoms with E-state index in [9.17, 15) is 14.4 Å². The highest BCUT2D eigenvalue weighted by molar-refractivity contribution is 6.09. The van der Waals surface area contributed by atoms with E-state index in [1.54, 1.807) is 0 Å². The zero-order chi connectivity index (χ0) is 17.3. The number of benzene rings is 1. The van der Waals surface area contributed by atoms with Gasteiger partial charge in [-0.15, -0.1) is 0 Å². The molecule has 0 bridgehead atoms. The number of carbonyl (C=O) groups excluding carboxylic acids is 3. The second kappa shape index (κ2) is 6.59. The van der Waals surface area contributed by atoms with Crippen molar-refractivity contribution in [2.45, 2.75) is 33.1 Å². The molecule has 1 aromatic rings. The molecule has 0 radical (unpaired) electrons. The third-order valence-electron chi connectivity index (χ3n) is 4.90. The van der Waals surface area contributed by atoms with Gasteiger partial charge in [0, 0.05) is 5.69 Å². The SMILES string of the molecule is CCc1cccc(C)c1NC(=O)CN1C(=O)[C@H]2CC=CC[C@H]2C1=O. The van der Waals surface area contributed by atoms with E-state index in [0.717, 1.165) is 28.1 Å². The van der Waals surface area contributed by atoms with Gasteiger partial charge in [-0.1, -0.05) is 37.3 Å². The number of nitrogens with one attached hydrogen (secondary N) is 1. The smallest absolute Gasteiger partial charge is 0.244 e. The number of carbonyl (C=O) groups is 3. The molecule has 1 saturated heterocycles. The summed E-state index contributed by atoms with van der Waals surface area (Å²) >= 11 is 0. The summed E-state index contributed by atoms with van der Waals surface area (Å²) in [6.45, 7) is 3.75. The first-order valence-electron chi connectivity index (χ1n) is 8.41. The highest BCUT2D eigenvalue weighted by Crippen LogP contribution is 2.34. The minimum absolute atomic E-state index is 0.206. The van der Waals surface area contributed by atoms with Crippen LogP contribution in [0.1, 0.15) is 30.9 Å². The van der Waals surface area contributed by atoms with Crippen LogP contribution in [-0.2, 0) is 20.8 Å². The molecule has 1 aliphatic carbocycles. The lowest BCUT2D eigenvalue weighted by Gasteiger charge is -2.17. The third-order valence-corrected chi connectivity index (χ3v) is 4.90. The van der Waals surface area contributed by atoms with Crippen molar-refractivity contribution in [3.63, 3.8) is 0 Å². The maximum absolute atomic E-state index is 12.4. The van der Waals surface area contributed by atoms with Crippen molar-refractivity contribution in [3.8, 4) is 0 Å². The fourth-order valence-electron chi connectivity index (χ4n) is 3.55. The molecule has 126 valence electrons. The maximum atomic E-state index is 12.4. The molecule has 5 nitrogen and oxygen atoms in total. The number of para-hydroxylation sites is 1. The largest absolute Gasteiger partial charge is 0.324 e. The number of allylic oxidation sites excluding steroid dienone is 2. The van der Waals surface area contributed by atoms with Crippen LogP contribution in [0.3, 0.4) is 0 Å². The summed E-state index contributed by atoms with van der Waals surface area (Å²) < 4.78 is 0. The number of amides is 3. The molecular formula is C19H22N2O3. The van der Waals surface area contributed by atoms with Crippen LogP contribution < -0.4 is 5.32 Å². The number of hydrogen-bond donors (Lipinski definition) is 1. The molecule has 3 amide bonds. The number of nitrogens with zero attached hydrogens (tertiary/aromatic N) is 1. The molecule has 2 aliphatic rings. The predicted molar refractivity (Wildman–Crippen MR) is 91.3 cm³/mol. The van der Waals surface area contributed by atoms with Crippen LogP contribution in [0.15, 0.2) is 30.4 Å². The molecule has 0 spiro atoms. The van der Waals surface area contributed by atoms with Crippen LogP contribution in [0, 0.1) is 18.8 Å². The average Bonchev–Trinajstić information content (AvgIpc) is 2.82. The number of hydrogen-bond acceptors (Lipinski definition) is 3. The minimum atomic E-state index is -0.327. The van der Waals surface area contributed by atoms with Gasteiger partial charge in [0.15, 0.2) is 0 Å². The van der Waals surface area contributed by atoms with Crippen LogP contribution in [-0.4, -0.2) is 29.2 Å². The van der Waals surface area contributed by atoms with Gasteiger partial charge < -0.3 is 5.32 Å². The number of rotatable bonds is 4. The molecule has 3 rings (SSSR count). The van der Waals surface area contributed by atoms with Crippen molar-refractivity contribution in [1.82, 2.24) is 4.90 Å². The molecule has 1 N–H and O–H groups in total. The summed E-state index contributed by atoms with van der Waals surface area (Å²) in [6, 6.07) is 5.85. The van der Waals surface area contributed by atoms with Gasteiger partial charge in [-0.25, -0.2) is 0 Å².